The predicted octanol–water partition coefficient (Wildman–Crippen LogP) is 2.86. The minimum Gasteiger partial charge on any atom is -0.382 e. The van der Waals surface area contributed by atoms with E-state index in [-0.39, 0.29) is 24.3 Å². The number of carbonyl (C=O) groups excluding carboxylic acids is 1. The summed E-state index contributed by atoms with van der Waals surface area (Å²) < 4.78 is 37.4. The van der Waals surface area contributed by atoms with Crippen LogP contribution in [0.1, 0.15) is 45.4 Å². The molecule has 1 unspecified atom stereocenters. The Labute approximate surface area is 136 Å². The van der Waals surface area contributed by atoms with Crippen molar-refractivity contribution in [2.45, 2.75) is 57.0 Å². The van der Waals surface area contributed by atoms with E-state index in [4.69, 9.17) is 9.47 Å². The van der Waals surface area contributed by atoms with E-state index in [1.54, 1.807) is 4.90 Å². The maximum atomic E-state index is 13.0. The summed E-state index contributed by atoms with van der Waals surface area (Å²) >= 11 is 0. The number of carbonyl (C=O) groups is 1. The second-order valence-electron chi connectivity index (χ2n) is 7.17. The molecule has 3 aliphatic rings. The van der Waals surface area contributed by atoms with Gasteiger partial charge in [0.05, 0.1) is 5.60 Å². The third-order valence-electron chi connectivity index (χ3n) is 5.78. The number of hydrogen-bond donors (Lipinski definition) is 0. The van der Waals surface area contributed by atoms with Crippen LogP contribution in [0.15, 0.2) is 0 Å². The molecule has 0 N–H and O–H groups in total. The van der Waals surface area contributed by atoms with Gasteiger partial charge >= 0.3 is 0 Å². The van der Waals surface area contributed by atoms with Gasteiger partial charge in [0.15, 0.2) is 0 Å². The highest BCUT2D eigenvalue weighted by Gasteiger charge is 2.51. The van der Waals surface area contributed by atoms with Crippen molar-refractivity contribution >= 4 is 5.91 Å². The highest BCUT2D eigenvalue weighted by molar-refractivity contribution is 5.80. The van der Waals surface area contributed by atoms with Crippen LogP contribution in [-0.4, -0.2) is 55.2 Å². The fourth-order valence-corrected chi connectivity index (χ4v) is 4.31. The smallest absolute Gasteiger partial charge is 0.249 e. The number of amides is 1. The molecule has 1 spiro atoms. The summed E-state index contributed by atoms with van der Waals surface area (Å²) in [7, 11) is 0. The third kappa shape index (κ3) is 3.53. The number of alkyl halides is 2. The number of halogens is 2. The molecule has 0 aromatic rings. The second-order valence-corrected chi connectivity index (χ2v) is 7.17. The van der Waals surface area contributed by atoms with Crippen LogP contribution < -0.4 is 0 Å². The lowest BCUT2D eigenvalue weighted by Crippen LogP contribution is -2.53. The van der Waals surface area contributed by atoms with E-state index in [1.165, 1.54) is 0 Å². The molecule has 23 heavy (non-hydrogen) atoms. The van der Waals surface area contributed by atoms with E-state index in [2.05, 4.69) is 0 Å². The van der Waals surface area contributed by atoms with Gasteiger partial charge in [-0.25, -0.2) is 8.78 Å². The zero-order valence-corrected chi connectivity index (χ0v) is 13.9. The average molecular weight is 331 g/mol. The van der Waals surface area contributed by atoms with Crippen LogP contribution in [-0.2, 0) is 14.3 Å². The van der Waals surface area contributed by atoms with Gasteiger partial charge in [-0.2, -0.15) is 0 Å². The molecule has 4 nitrogen and oxygen atoms in total. The normalized spacial score (nSPS) is 29.7. The van der Waals surface area contributed by atoms with Gasteiger partial charge in [0.1, 0.15) is 0 Å². The van der Waals surface area contributed by atoms with Crippen LogP contribution in [0.4, 0.5) is 8.78 Å². The highest BCUT2D eigenvalue weighted by atomic mass is 19.3. The molecule has 3 rings (SSSR count). The van der Waals surface area contributed by atoms with Crippen LogP contribution in [0.2, 0.25) is 0 Å². The van der Waals surface area contributed by atoms with E-state index in [0.717, 1.165) is 45.5 Å². The molecule has 6 heteroatoms. The predicted molar refractivity (Wildman–Crippen MR) is 81.4 cm³/mol. The molecular weight excluding hydrogens is 304 g/mol. The molecule has 2 saturated heterocycles. The van der Waals surface area contributed by atoms with E-state index in [0.29, 0.717) is 19.0 Å². The van der Waals surface area contributed by atoms with Crippen LogP contribution >= 0.6 is 0 Å². The number of piperidine rings is 1. The number of likely N-dealkylation sites (tertiary alicyclic amines) is 1. The van der Waals surface area contributed by atoms with Crippen LogP contribution in [0.25, 0.3) is 0 Å². The fourth-order valence-electron chi connectivity index (χ4n) is 4.31. The van der Waals surface area contributed by atoms with E-state index in [9.17, 15) is 13.6 Å². The largest absolute Gasteiger partial charge is 0.382 e. The number of nitrogens with zero attached hydrogens (tertiary/aromatic N) is 1. The Morgan fingerprint density at radius 2 is 2.00 bits per heavy atom. The minimum atomic E-state index is -2.63. The summed E-state index contributed by atoms with van der Waals surface area (Å²) in [6.07, 6.45) is 3.13. The fraction of sp³-hybridized carbons (Fsp3) is 0.941. The zero-order chi connectivity index (χ0) is 16.5. The summed E-state index contributed by atoms with van der Waals surface area (Å²) in [6.45, 7) is 5.52. The second kappa shape index (κ2) is 6.63. The van der Waals surface area contributed by atoms with Gasteiger partial charge < -0.3 is 14.4 Å². The minimum absolute atomic E-state index is 0.0883. The molecule has 1 aliphatic carbocycles. The maximum absolute atomic E-state index is 13.0. The van der Waals surface area contributed by atoms with Gasteiger partial charge in [-0.3, -0.25) is 4.79 Å². The van der Waals surface area contributed by atoms with Crippen LogP contribution in [0, 0.1) is 11.8 Å². The highest BCUT2D eigenvalue weighted by Crippen LogP contribution is 2.45. The van der Waals surface area contributed by atoms with Crippen molar-refractivity contribution in [3.8, 4) is 0 Å². The molecule has 0 bridgehead atoms. The summed E-state index contributed by atoms with van der Waals surface area (Å²) in [6, 6.07) is 0. The molecule has 0 aromatic heterocycles. The Kier molecular flexibility index (Phi) is 4.93. The molecule has 2 heterocycles. The van der Waals surface area contributed by atoms with Crippen molar-refractivity contribution in [2.24, 2.45) is 11.8 Å². The van der Waals surface area contributed by atoms with Crippen molar-refractivity contribution in [2.75, 3.05) is 32.9 Å². The van der Waals surface area contributed by atoms with Crippen molar-refractivity contribution in [1.29, 1.82) is 0 Å². The molecule has 1 atom stereocenters. The Morgan fingerprint density at radius 3 is 2.61 bits per heavy atom. The van der Waals surface area contributed by atoms with Crippen molar-refractivity contribution < 1.29 is 23.0 Å². The third-order valence-corrected chi connectivity index (χ3v) is 5.78. The zero-order valence-electron chi connectivity index (χ0n) is 13.9. The summed E-state index contributed by atoms with van der Waals surface area (Å²) in [4.78, 5) is 14.1. The van der Waals surface area contributed by atoms with Gasteiger partial charge in [0.2, 0.25) is 11.8 Å². The SMILES string of the molecule is CCOCCC1CCOC12CCN(C(=O)C1CC(F)(F)C1)CC2. The lowest BCUT2D eigenvalue weighted by Gasteiger charge is -2.44. The van der Waals surface area contributed by atoms with E-state index >= 15 is 0 Å². The number of hydrogen-bond acceptors (Lipinski definition) is 3. The van der Waals surface area contributed by atoms with Crippen LogP contribution in [0.3, 0.4) is 0 Å². The van der Waals surface area contributed by atoms with Gasteiger partial charge in [-0.05, 0) is 38.5 Å². The lowest BCUT2D eigenvalue weighted by atomic mass is 9.76. The first-order valence-electron chi connectivity index (χ1n) is 8.84. The standard InChI is InChI=1S/C17H27F2NO3/c1-2-22-9-3-14-4-10-23-16(14)5-7-20(8-6-16)15(21)13-11-17(18,19)12-13/h13-14H,2-12H2,1H3. The summed E-state index contributed by atoms with van der Waals surface area (Å²) in [5.74, 6) is -2.71. The van der Waals surface area contributed by atoms with Gasteiger partial charge in [0.25, 0.3) is 0 Å². The Bertz CT molecular complexity index is 428. The van der Waals surface area contributed by atoms with Crippen LogP contribution in [0.5, 0.6) is 0 Å². The van der Waals surface area contributed by atoms with Gasteiger partial charge in [0, 0.05) is 51.7 Å². The molecule has 1 amide bonds. The molecule has 0 radical (unpaired) electrons. The van der Waals surface area contributed by atoms with E-state index < -0.39 is 11.8 Å². The van der Waals surface area contributed by atoms with E-state index in [1.807, 2.05) is 6.92 Å². The lowest BCUT2D eigenvalue weighted by molar-refractivity contribution is -0.164. The molecule has 3 fully saturated rings. The Hall–Kier alpha value is -0.750. The molecular formula is C17H27F2NO3. The number of rotatable bonds is 5. The Balaban J connectivity index is 1.50. The molecule has 132 valence electrons. The average Bonchev–Trinajstić information content (AvgIpc) is 2.88. The first-order valence-corrected chi connectivity index (χ1v) is 8.84. The quantitative estimate of drug-likeness (QED) is 0.727. The first kappa shape index (κ1) is 17.1. The molecule has 2 aliphatic heterocycles. The van der Waals surface area contributed by atoms with Crippen molar-refractivity contribution in [3.63, 3.8) is 0 Å². The van der Waals surface area contributed by atoms with Gasteiger partial charge in [-0.15, -0.1) is 0 Å². The number of ether oxygens (including phenoxy) is 2. The maximum Gasteiger partial charge on any atom is 0.249 e. The first-order chi connectivity index (χ1) is 11.0. The molecule has 1 saturated carbocycles. The topological polar surface area (TPSA) is 38.8 Å². The Morgan fingerprint density at radius 1 is 1.30 bits per heavy atom. The monoisotopic (exact) mass is 331 g/mol. The van der Waals surface area contributed by atoms with Gasteiger partial charge in [-0.1, -0.05) is 0 Å². The molecule has 0 aromatic carbocycles. The van der Waals surface area contributed by atoms with Crippen molar-refractivity contribution in [1.82, 2.24) is 4.90 Å². The van der Waals surface area contributed by atoms with Crippen molar-refractivity contribution in [3.05, 3.63) is 0 Å². The summed E-state index contributed by atoms with van der Waals surface area (Å²) in [5, 5.41) is 0. The summed E-state index contributed by atoms with van der Waals surface area (Å²) in [5.41, 5.74) is -0.128.